The van der Waals surface area contributed by atoms with Crippen molar-refractivity contribution in [3.63, 3.8) is 0 Å². The lowest BCUT2D eigenvalue weighted by Crippen LogP contribution is -2.28. The van der Waals surface area contributed by atoms with E-state index >= 15 is 0 Å². The number of allylic oxidation sites excluding steroid dienone is 8. The largest absolute Gasteiger partial charge is 0.472 e. The fourth-order valence-electron chi connectivity index (χ4n) is 4.42. The molecule has 262 valence electrons. The van der Waals surface area contributed by atoms with Crippen molar-refractivity contribution in [2.75, 3.05) is 33.0 Å². The zero-order valence-corrected chi connectivity index (χ0v) is 29.5. The Morgan fingerprint density at radius 3 is 1.89 bits per heavy atom. The van der Waals surface area contributed by atoms with E-state index in [9.17, 15) is 14.3 Å². The fourth-order valence-corrected chi connectivity index (χ4v) is 5.19. The number of hydrogen-bond acceptors (Lipinski definition) is 7. The summed E-state index contributed by atoms with van der Waals surface area (Å²) in [6, 6.07) is 0. The maximum absolute atomic E-state index is 12.4. The molecule has 0 aliphatic heterocycles. The van der Waals surface area contributed by atoms with Crippen molar-refractivity contribution in [1.29, 1.82) is 0 Å². The van der Waals surface area contributed by atoms with Crippen molar-refractivity contribution in [3.8, 4) is 0 Å². The highest BCUT2D eigenvalue weighted by atomic mass is 31.2. The SMILES string of the molecule is CC/C=C\C/C=C\C/C=C\CCCCCCCCOCC(COP(=O)(O)OCCN)OC(=O)CCCCCCC/C=C\CCC. The molecule has 0 spiro atoms. The number of nitrogens with two attached hydrogens (primary N) is 1. The molecule has 0 rings (SSSR count). The maximum Gasteiger partial charge on any atom is 0.472 e. The summed E-state index contributed by atoms with van der Waals surface area (Å²) >= 11 is 0. The summed E-state index contributed by atoms with van der Waals surface area (Å²) in [7, 11) is -4.27. The zero-order chi connectivity index (χ0) is 33.1. The lowest BCUT2D eigenvalue weighted by Gasteiger charge is -2.20. The van der Waals surface area contributed by atoms with Crippen LogP contribution in [0.5, 0.6) is 0 Å². The summed E-state index contributed by atoms with van der Waals surface area (Å²) in [6.07, 6.45) is 37.0. The van der Waals surface area contributed by atoms with Crippen LogP contribution in [0, 0.1) is 0 Å². The van der Waals surface area contributed by atoms with Gasteiger partial charge in [-0.15, -0.1) is 0 Å². The maximum atomic E-state index is 12.4. The summed E-state index contributed by atoms with van der Waals surface area (Å²) in [5.74, 6) is -0.350. The lowest BCUT2D eigenvalue weighted by atomic mass is 10.1. The highest BCUT2D eigenvalue weighted by Crippen LogP contribution is 2.43. The molecule has 0 saturated heterocycles. The van der Waals surface area contributed by atoms with Gasteiger partial charge in [0.1, 0.15) is 6.10 Å². The highest BCUT2D eigenvalue weighted by molar-refractivity contribution is 7.47. The number of carbonyl (C=O) groups excluding carboxylic acids is 1. The number of hydrogen-bond donors (Lipinski definition) is 2. The Bertz CT molecular complexity index is 828. The van der Waals surface area contributed by atoms with Crippen LogP contribution in [0.4, 0.5) is 0 Å². The zero-order valence-electron chi connectivity index (χ0n) is 28.6. The van der Waals surface area contributed by atoms with Gasteiger partial charge in [0, 0.05) is 19.6 Å². The molecular weight excluding hydrogens is 589 g/mol. The summed E-state index contributed by atoms with van der Waals surface area (Å²) < 4.78 is 33.2. The van der Waals surface area contributed by atoms with E-state index in [1.54, 1.807) is 0 Å². The van der Waals surface area contributed by atoms with Gasteiger partial charge >= 0.3 is 13.8 Å². The molecule has 0 radical (unpaired) electrons. The first-order valence-electron chi connectivity index (χ1n) is 17.6. The molecule has 0 aromatic carbocycles. The van der Waals surface area contributed by atoms with E-state index in [-0.39, 0.29) is 32.3 Å². The van der Waals surface area contributed by atoms with Crippen LogP contribution in [0.25, 0.3) is 0 Å². The molecule has 9 heteroatoms. The Labute approximate surface area is 275 Å². The van der Waals surface area contributed by atoms with Gasteiger partial charge in [-0.1, -0.05) is 114 Å². The van der Waals surface area contributed by atoms with Gasteiger partial charge < -0.3 is 20.1 Å². The fraction of sp³-hybridized carbons (Fsp3) is 0.750. The van der Waals surface area contributed by atoms with E-state index in [0.29, 0.717) is 13.0 Å². The molecule has 0 aliphatic carbocycles. The van der Waals surface area contributed by atoms with Crippen LogP contribution < -0.4 is 5.73 Å². The number of unbranched alkanes of at least 4 members (excludes halogenated alkanes) is 12. The minimum atomic E-state index is -4.27. The van der Waals surface area contributed by atoms with Crippen LogP contribution in [-0.2, 0) is 27.9 Å². The summed E-state index contributed by atoms with van der Waals surface area (Å²) in [4.78, 5) is 22.3. The average Bonchev–Trinajstić information content (AvgIpc) is 3.02. The first-order chi connectivity index (χ1) is 21.9. The number of phosphoric acid groups is 1. The third-order valence-corrected chi connectivity index (χ3v) is 7.95. The van der Waals surface area contributed by atoms with Gasteiger partial charge in [-0.05, 0) is 64.2 Å². The van der Waals surface area contributed by atoms with Crippen molar-refractivity contribution in [2.24, 2.45) is 5.73 Å². The van der Waals surface area contributed by atoms with Crippen molar-refractivity contribution in [1.82, 2.24) is 0 Å². The molecule has 0 amide bonds. The monoisotopic (exact) mass is 655 g/mol. The quantitative estimate of drug-likeness (QED) is 0.0311. The third kappa shape index (κ3) is 33.6. The van der Waals surface area contributed by atoms with Crippen LogP contribution >= 0.6 is 7.82 Å². The van der Waals surface area contributed by atoms with Gasteiger partial charge in [0.05, 0.1) is 19.8 Å². The predicted octanol–water partition coefficient (Wildman–Crippen LogP) is 9.68. The number of phosphoric ester groups is 1. The number of ether oxygens (including phenoxy) is 2. The molecular formula is C36H66NO7P. The Hall–Kier alpha value is -1.54. The lowest BCUT2D eigenvalue weighted by molar-refractivity contribution is -0.154. The average molecular weight is 656 g/mol. The van der Waals surface area contributed by atoms with Crippen molar-refractivity contribution >= 4 is 13.8 Å². The smallest absolute Gasteiger partial charge is 0.457 e. The molecule has 0 saturated carbocycles. The van der Waals surface area contributed by atoms with E-state index in [0.717, 1.165) is 83.5 Å². The molecule has 3 N–H and O–H groups in total. The molecule has 0 heterocycles. The summed E-state index contributed by atoms with van der Waals surface area (Å²) in [6.45, 7) is 4.68. The molecule has 8 nitrogen and oxygen atoms in total. The molecule has 0 aromatic rings. The van der Waals surface area contributed by atoms with Gasteiger partial charge in [-0.2, -0.15) is 0 Å². The van der Waals surface area contributed by atoms with Crippen LogP contribution in [0.1, 0.15) is 136 Å². The standard InChI is InChI=1S/C36H66NO7P/c1-3-5-7-9-11-13-15-16-17-18-19-20-22-24-26-28-31-41-33-35(34-43-45(39,40)42-32-30-37)44-36(38)29-27-25-23-21-14-12-10-8-6-4-2/h5,7-8,10-11,13,16-17,35H,3-4,6,9,12,14-15,18-34,37H2,1-2H3,(H,39,40)/b7-5-,10-8-,13-11-,17-16-. The second-order valence-electron chi connectivity index (χ2n) is 11.3. The van der Waals surface area contributed by atoms with Gasteiger partial charge in [-0.3, -0.25) is 13.8 Å². The second kappa shape index (κ2) is 33.8. The molecule has 45 heavy (non-hydrogen) atoms. The van der Waals surface area contributed by atoms with E-state index in [2.05, 4.69) is 62.5 Å². The van der Waals surface area contributed by atoms with Crippen molar-refractivity contribution in [3.05, 3.63) is 48.6 Å². The minimum absolute atomic E-state index is 0.0947. The molecule has 0 fully saturated rings. The van der Waals surface area contributed by atoms with Crippen LogP contribution in [0.3, 0.4) is 0 Å². The van der Waals surface area contributed by atoms with Gasteiger partial charge in [0.2, 0.25) is 0 Å². The Balaban J connectivity index is 4.14. The molecule has 0 aromatic heterocycles. The van der Waals surface area contributed by atoms with Crippen LogP contribution in [0.15, 0.2) is 48.6 Å². The Morgan fingerprint density at radius 2 is 1.24 bits per heavy atom. The molecule has 0 bridgehead atoms. The number of carbonyl (C=O) groups is 1. The number of esters is 1. The first-order valence-corrected chi connectivity index (χ1v) is 19.1. The summed E-state index contributed by atoms with van der Waals surface area (Å²) in [5.41, 5.74) is 5.34. The van der Waals surface area contributed by atoms with E-state index in [1.807, 2.05) is 0 Å². The van der Waals surface area contributed by atoms with Crippen LogP contribution in [-0.4, -0.2) is 49.9 Å². The minimum Gasteiger partial charge on any atom is -0.457 e. The van der Waals surface area contributed by atoms with Gasteiger partial charge in [0.25, 0.3) is 0 Å². The Kier molecular flexibility index (Phi) is 32.7. The number of rotatable bonds is 33. The third-order valence-electron chi connectivity index (χ3n) is 6.96. The molecule has 2 atom stereocenters. The van der Waals surface area contributed by atoms with E-state index in [1.165, 1.54) is 32.1 Å². The highest BCUT2D eigenvalue weighted by Gasteiger charge is 2.25. The normalized spacial score (nSPS) is 14.3. The van der Waals surface area contributed by atoms with Gasteiger partial charge in [0.15, 0.2) is 0 Å². The Morgan fingerprint density at radius 1 is 0.689 bits per heavy atom. The van der Waals surface area contributed by atoms with E-state index in [4.69, 9.17) is 24.3 Å². The van der Waals surface area contributed by atoms with Crippen LogP contribution in [0.2, 0.25) is 0 Å². The second-order valence-corrected chi connectivity index (χ2v) is 12.8. The predicted molar refractivity (Wildman–Crippen MR) is 187 cm³/mol. The molecule has 0 aliphatic rings. The van der Waals surface area contributed by atoms with Crippen molar-refractivity contribution in [2.45, 2.75) is 142 Å². The molecule has 2 unspecified atom stereocenters. The first kappa shape index (κ1) is 43.5. The van der Waals surface area contributed by atoms with Crippen molar-refractivity contribution < 1.29 is 32.8 Å². The van der Waals surface area contributed by atoms with Gasteiger partial charge in [-0.25, -0.2) is 4.57 Å². The topological polar surface area (TPSA) is 117 Å². The van der Waals surface area contributed by atoms with E-state index < -0.39 is 13.9 Å². The summed E-state index contributed by atoms with van der Waals surface area (Å²) in [5, 5.41) is 0.